The third kappa shape index (κ3) is 3.63. The lowest BCUT2D eigenvalue weighted by atomic mass is 10.1. The van der Waals surface area contributed by atoms with Crippen molar-refractivity contribution in [1.82, 2.24) is 4.98 Å². The molecule has 21 heavy (non-hydrogen) atoms. The molecule has 112 valence electrons. The molecule has 1 aromatic carbocycles. The fourth-order valence-electron chi connectivity index (χ4n) is 1.69. The average Bonchev–Trinajstić information content (AvgIpc) is 2.41. The molecule has 0 radical (unpaired) electrons. The molecule has 0 aliphatic carbocycles. The van der Waals surface area contributed by atoms with E-state index < -0.39 is 11.7 Å². The predicted octanol–water partition coefficient (Wildman–Crippen LogP) is 3.80. The number of nitrogens with two attached hydrogens (primary N) is 1. The second-order valence-electron chi connectivity index (χ2n) is 4.57. The van der Waals surface area contributed by atoms with Crippen LogP contribution in [0, 0.1) is 13.8 Å². The minimum Gasteiger partial charge on any atom is -0.439 e. The van der Waals surface area contributed by atoms with E-state index in [1.54, 1.807) is 12.1 Å². The van der Waals surface area contributed by atoms with Gasteiger partial charge in [0.05, 0.1) is 5.56 Å². The van der Waals surface area contributed by atoms with Crippen LogP contribution in [-0.4, -0.2) is 4.98 Å². The van der Waals surface area contributed by atoms with Gasteiger partial charge in [-0.25, -0.2) is 5.84 Å². The van der Waals surface area contributed by atoms with Crippen LogP contribution in [0.4, 0.5) is 19.0 Å². The van der Waals surface area contributed by atoms with E-state index >= 15 is 0 Å². The SMILES string of the molecule is Cc1ccc(Oc2cc(C(F)(F)F)cc(NN)n2)cc1C. The number of pyridine rings is 1. The Morgan fingerprint density at radius 3 is 2.38 bits per heavy atom. The summed E-state index contributed by atoms with van der Waals surface area (Å²) in [7, 11) is 0. The minimum absolute atomic E-state index is 0.122. The number of anilines is 1. The summed E-state index contributed by atoms with van der Waals surface area (Å²) in [5.74, 6) is 5.24. The number of rotatable bonds is 3. The fraction of sp³-hybridized carbons (Fsp3) is 0.214. The summed E-state index contributed by atoms with van der Waals surface area (Å²) in [5, 5.41) is 0. The molecule has 0 aliphatic heterocycles. The lowest BCUT2D eigenvalue weighted by molar-refractivity contribution is -0.137. The number of hydrazine groups is 1. The minimum atomic E-state index is -4.50. The Morgan fingerprint density at radius 2 is 1.81 bits per heavy atom. The number of nitrogens with zero attached hydrogens (tertiary/aromatic N) is 1. The molecule has 3 N–H and O–H groups in total. The molecule has 4 nitrogen and oxygen atoms in total. The molecule has 0 spiro atoms. The van der Waals surface area contributed by atoms with E-state index in [0.29, 0.717) is 5.75 Å². The lowest BCUT2D eigenvalue weighted by Crippen LogP contribution is -2.12. The van der Waals surface area contributed by atoms with Gasteiger partial charge in [-0.05, 0) is 43.2 Å². The van der Waals surface area contributed by atoms with Gasteiger partial charge in [0.15, 0.2) is 0 Å². The molecule has 7 heteroatoms. The topological polar surface area (TPSA) is 60.2 Å². The third-order valence-electron chi connectivity index (χ3n) is 2.98. The molecular weight excluding hydrogens is 283 g/mol. The van der Waals surface area contributed by atoms with Crippen molar-refractivity contribution in [1.29, 1.82) is 0 Å². The maximum absolute atomic E-state index is 12.8. The molecule has 1 aromatic heterocycles. The van der Waals surface area contributed by atoms with Gasteiger partial charge in [0.1, 0.15) is 11.6 Å². The average molecular weight is 297 g/mol. The van der Waals surface area contributed by atoms with Crippen molar-refractivity contribution in [3.8, 4) is 11.6 Å². The maximum Gasteiger partial charge on any atom is 0.416 e. The number of halogens is 3. The number of aromatic nitrogens is 1. The van der Waals surface area contributed by atoms with Gasteiger partial charge in [-0.2, -0.15) is 18.2 Å². The molecule has 2 aromatic rings. The highest BCUT2D eigenvalue weighted by molar-refractivity contribution is 5.43. The van der Waals surface area contributed by atoms with Crippen LogP contribution in [-0.2, 0) is 6.18 Å². The van der Waals surface area contributed by atoms with Crippen molar-refractivity contribution < 1.29 is 17.9 Å². The molecular formula is C14H14F3N3O. The van der Waals surface area contributed by atoms with E-state index in [9.17, 15) is 13.2 Å². The molecule has 2 rings (SSSR count). The summed E-state index contributed by atoms with van der Waals surface area (Å²) in [6.07, 6.45) is -4.50. The highest BCUT2D eigenvalue weighted by Gasteiger charge is 2.32. The monoisotopic (exact) mass is 297 g/mol. The molecule has 0 aliphatic rings. The van der Waals surface area contributed by atoms with Crippen LogP contribution in [0.1, 0.15) is 16.7 Å². The zero-order valence-electron chi connectivity index (χ0n) is 11.5. The van der Waals surface area contributed by atoms with Crippen molar-refractivity contribution in [3.63, 3.8) is 0 Å². The first-order valence-corrected chi connectivity index (χ1v) is 6.10. The van der Waals surface area contributed by atoms with Gasteiger partial charge >= 0.3 is 6.18 Å². The molecule has 0 atom stereocenters. The molecule has 0 saturated heterocycles. The van der Waals surface area contributed by atoms with Crippen LogP contribution < -0.4 is 16.0 Å². The van der Waals surface area contributed by atoms with Gasteiger partial charge in [0.25, 0.3) is 0 Å². The smallest absolute Gasteiger partial charge is 0.416 e. The second-order valence-corrected chi connectivity index (χ2v) is 4.57. The standard InChI is InChI=1S/C14H14F3N3O/c1-8-3-4-11(5-9(8)2)21-13-7-10(14(15,16)17)6-12(19-13)20-18/h3-7H,18H2,1-2H3,(H,19,20). The molecule has 0 amide bonds. The largest absolute Gasteiger partial charge is 0.439 e. The number of aryl methyl sites for hydroxylation is 2. The quantitative estimate of drug-likeness (QED) is 0.668. The summed E-state index contributed by atoms with van der Waals surface area (Å²) in [6.45, 7) is 3.81. The molecule has 1 heterocycles. The lowest BCUT2D eigenvalue weighted by Gasteiger charge is -2.12. The van der Waals surface area contributed by atoms with Gasteiger partial charge in [0, 0.05) is 6.07 Å². The van der Waals surface area contributed by atoms with Gasteiger partial charge in [-0.3, -0.25) is 0 Å². The van der Waals surface area contributed by atoms with Crippen LogP contribution in [0.25, 0.3) is 0 Å². The number of hydrogen-bond acceptors (Lipinski definition) is 4. The first kappa shape index (κ1) is 15.1. The van der Waals surface area contributed by atoms with Gasteiger partial charge < -0.3 is 10.2 Å². The number of nitrogens with one attached hydrogen (secondary N) is 1. The highest BCUT2D eigenvalue weighted by Crippen LogP contribution is 2.33. The van der Waals surface area contributed by atoms with Crippen LogP contribution in [0.5, 0.6) is 11.6 Å². The van der Waals surface area contributed by atoms with Crippen molar-refractivity contribution >= 4 is 5.82 Å². The Morgan fingerprint density at radius 1 is 1.10 bits per heavy atom. The van der Waals surface area contributed by atoms with Crippen molar-refractivity contribution in [2.45, 2.75) is 20.0 Å². The Kier molecular flexibility index (Phi) is 4.04. The zero-order chi connectivity index (χ0) is 15.6. The summed E-state index contributed by atoms with van der Waals surface area (Å²) >= 11 is 0. The van der Waals surface area contributed by atoms with Crippen molar-refractivity contribution in [3.05, 3.63) is 47.0 Å². The summed E-state index contributed by atoms with van der Waals surface area (Å²) in [4.78, 5) is 3.85. The third-order valence-corrected chi connectivity index (χ3v) is 2.98. The van der Waals surface area contributed by atoms with E-state index in [4.69, 9.17) is 10.6 Å². The first-order valence-electron chi connectivity index (χ1n) is 6.10. The van der Waals surface area contributed by atoms with E-state index in [-0.39, 0.29) is 11.7 Å². The number of alkyl halides is 3. The normalized spacial score (nSPS) is 11.3. The molecule has 0 unspecified atom stereocenters. The van der Waals surface area contributed by atoms with E-state index in [1.807, 2.05) is 19.9 Å². The highest BCUT2D eigenvalue weighted by atomic mass is 19.4. The van der Waals surface area contributed by atoms with Crippen molar-refractivity contribution in [2.75, 3.05) is 5.43 Å². The van der Waals surface area contributed by atoms with E-state index in [1.165, 1.54) is 0 Å². The molecule has 0 fully saturated rings. The Bertz CT molecular complexity index is 656. The van der Waals surface area contributed by atoms with Crippen molar-refractivity contribution in [2.24, 2.45) is 5.84 Å². The molecule has 0 bridgehead atoms. The summed E-state index contributed by atoms with van der Waals surface area (Å²) in [6, 6.07) is 6.86. The zero-order valence-corrected chi connectivity index (χ0v) is 11.5. The van der Waals surface area contributed by atoms with Crippen LogP contribution in [0.3, 0.4) is 0 Å². The van der Waals surface area contributed by atoms with Crippen LogP contribution in [0.15, 0.2) is 30.3 Å². The number of hydrogen-bond donors (Lipinski definition) is 2. The fourth-order valence-corrected chi connectivity index (χ4v) is 1.69. The Balaban J connectivity index is 2.36. The summed E-state index contributed by atoms with van der Waals surface area (Å²) in [5.41, 5.74) is 3.24. The van der Waals surface area contributed by atoms with E-state index in [0.717, 1.165) is 23.3 Å². The number of ether oxygens (including phenoxy) is 1. The van der Waals surface area contributed by atoms with Crippen LogP contribution >= 0.6 is 0 Å². The van der Waals surface area contributed by atoms with Gasteiger partial charge in [0.2, 0.25) is 5.88 Å². The summed E-state index contributed by atoms with van der Waals surface area (Å²) < 4.78 is 43.8. The van der Waals surface area contributed by atoms with Gasteiger partial charge in [-0.15, -0.1) is 0 Å². The van der Waals surface area contributed by atoms with Gasteiger partial charge in [-0.1, -0.05) is 6.07 Å². The Hall–Kier alpha value is -2.28. The second kappa shape index (κ2) is 5.61. The first-order chi connectivity index (χ1) is 9.79. The number of nitrogen functional groups attached to an aromatic ring is 1. The van der Waals surface area contributed by atoms with E-state index in [2.05, 4.69) is 10.4 Å². The maximum atomic E-state index is 12.8. The molecule has 0 saturated carbocycles. The Labute approximate surface area is 119 Å². The van der Waals surface area contributed by atoms with Crippen LogP contribution in [0.2, 0.25) is 0 Å². The predicted molar refractivity (Wildman–Crippen MR) is 73.0 cm³/mol. The number of benzene rings is 1.